The molecule has 6 nitrogen and oxygen atoms in total. The molecule has 0 unspecified atom stereocenters. The highest BCUT2D eigenvalue weighted by Crippen LogP contribution is 2.30. The topological polar surface area (TPSA) is 80.9 Å². The largest absolute Gasteiger partial charge is 0.470 e. The number of rotatable bonds is 4. The van der Waals surface area contributed by atoms with Crippen molar-refractivity contribution in [3.63, 3.8) is 0 Å². The van der Waals surface area contributed by atoms with Crippen molar-refractivity contribution in [2.75, 3.05) is 0 Å². The molecular formula is C16H10F4N4O2. The molecule has 0 aliphatic heterocycles. The molecule has 2 heterocycles. The highest BCUT2D eigenvalue weighted by molar-refractivity contribution is 5.93. The second kappa shape index (κ2) is 6.90. The molecule has 2 aromatic heterocycles. The molecule has 0 fully saturated rings. The highest BCUT2D eigenvalue weighted by Gasteiger charge is 2.38. The molecule has 26 heavy (non-hydrogen) atoms. The number of pyridine rings is 1. The van der Waals surface area contributed by atoms with Crippen LogP contribution in [0.5, 0.6) is 0 Å². The molecule has 3 rings (SSSR count). The van der Waals surface area contributed by atoms with Crippen LogP contribution in [0.15, 0.2) is 47.1 Å². The number of aromatic nitrogens is 3. The zero-order valence-corrected chi connectivity index (χ0v) is 12.9. The summed E-state index contributed by atoms with van der Waals surface area (Å²) in [4.78, 5) is 15.7. The summed E-state index contributed by atoms with van der Waals surface area (Å²) in [6.07, 6.45) is -1.90. The van der Waals surface area contributed by atoms with Gasteiger partial charge in [-0.15, -0.1) is 10.2 Å². The van der Waals surface area contributed by atoms with Crippen molar-refractivity contribution in [1.29, 1.82) is 0 Å². The van der Waals surface area contributed by atoms with E-state index in [0.717, 1.165) is 6.07 Å². The minimum Gasteiger partial charge on any atom is -0.413 e. The van der Waals surface area contributed by atoms with E-state index in [4.69, 9.17) is 0 Å². The van der Waals surface area contributed by atoms with Crippen LogP contribution in [0, 0.1) is 5.82 Å². The number of benzene rings is 1. The Morgan fingerprint density at radius 1 is 1.19 bits per heavy atom. The van der Waals surface area contributed by atoms with Gasteiger partial charge in [-0.2, -0.15) is 13.2 Å². The van der Waals surface area contributed by atoms with Crippen LogP contribution in [-0.4, -0.2) is 21.1 Å². The molecule has 3 aromatic rings. The minimum absolute atomic E-state index is 0.00663. The molecule has 0 saturated heterocycles. The molecule has 10 heteroatoms. The van der Waals surface area contributed by atoms with E-state index in [1.165, 1.54) is 24.5 Å². The van der Waals surface area contributed by atoms with Gasteiger partial charge in [0.15, 0.2) is 0 Å². The number of hydrogen-bond acceptors (Lipinski definition) is 5. The number of amides is 1. The molecule has 134 valence electrons. The van der Waals surface area contributed by atoms with Crippen molar-refractivity contribution in [3.8, 4) is 11.5 Å². The maximum Gasteiger partial charge on any atom is 0.470 e. The van der Waals surface area contributed by atoms with Gasteiger partial charge < -0.3 is 9.73 Å². The summed E-state index contributed by atoms with van der Waals surface area (Å²) in [5.74, 6) is -3.14. The lowest BCUT2D eigenvalue weighted by molar-refractivity contribution is -0.156. The van der Waals surface area contributed by atoms with Crippen LogP contribution >= 0.6 is 0 Å². The monoisotopic (exact) mass is 366 g/mol. The van der Waals surface area contributed by atoms with Gasteiger partial charge in [0.05, 0.1) is 5.56 Å². The van der Waals surface area contributed by atoms with Crippen molar-refractivity contribution in [2.45, 2.75) is 12.7 Å². The van der Waals surface area contributed by atoms with Crippen LogP contribution in [0.2, 0.25) is 0 Å². The van der Waals surface area contributed by atoms with E-state index < -0.39 is 29.7 Å². The number of halogens is 4. The standard InChI is InChI=1S/C16H10F4N4O2/c17-12-6-9(14-23-24-15(26-14)16(18,19)20)3-4-10(12)8-22-13(25)11-2-1-5-21-7-11/h1-7H,8H2,(H,22,25). The average molecular weight is 366 g/mol. The summed E-state index contributed by atoms with van der Waals surface area (Å²) in [5.41, 5.74) is 0.449. The van der Waals surface area contributed by atoms with Crippen LogP contribution in [0.4, 0.5) is 17.6 Å². The first-order valence-corrected chi connectivity index (χ1v) is 7.22. The maximum absolute atomic E-state index is 14.2. The third kappa shape index (κ3) is 3.85. The molecule has 0 aliphatic carbocycles. The van der Waals surface area contributed by atoms with Crippen LogP contribution in [0.3, 0.4) is 0 Å². The number of carbonyl (C=O) groups is 1. The molecule has 1 aromatic carbocycles. The molecule has 1 amide bonds. The lowest BCUT2D eigenvalue weighted by Crippen LogP contribution is -2.23. The van der Waals surface area contributed by atoms with E-state index in [1.54, 1.807) is 12.1 Å². The molecule has 0 saturated carbocycles. The van der Waals surface area contributed by atoms with Gasteiger partial charge in [0, 0.05) is 30.1 Å². The van der Waals surface area contributed by atoms with Gasteiger partial charge in [0.2, 0.25) is 5.89 Å². The predicted octanol–water partition coefficient (Wildman–Crippen LogP) is 3.22. The second-order valence-corrected chi connectivity index (χ2v) is 5.14. The van der Waals surface area contributed by atoms with Crippen molar-refractivity contribution in [3.05, 3.63) is 65.6 Å². The summed E-state index contributed by atoms with van der Waals surface area (Å²) in [6.45, 7) is -0.114. The number of alkyl halides is 3. The smallest absolute Gasteiger partial charge is 0.413 e. The fourth-order valence-corrected chi connectivity index (χ4v) is 2.05. The third-order valence-corrected chi connectivity index (χ3v) is 3.33. The van der Waals surface area contributed by atoms with Crippen molar-refractivity contribution in [1.82, 2.24) is 20.5 Å². The predicted molar refractivity (Wildman–Crippen MR) is 80.1 cm³/mol. The first-order valence-electron chi connectivity index (χ1n) is 7.22. The highest BCUT2D eigenvalue weighted by atomic mass is 19.4. The first-order chi connectivity index (χ1) is 12.3. The average Bonchev–Trinajstić information content (AvgIpc) is 3.11. The summed E-state index contributed by atoms with van der Waals surface area (Å²) in [7, 11) is 0. The summed E-state index contributed by atoms with van der Waals surface area (Å²) < 4.78 is 56.0. The van der Waals surface area contributed by atoms with E-state index in [0.29, 0.717) is 5.56 Å². The molecule has 0 bridgehead atoms. The fraction of sp³-hybridized carbons (Fsp3) is 0.125. The Morgan fingerprint density at radius 2 is 2.00 bits per heavy atom. The lowest BCUT2D eigenvalue weighted by atomic mass is 10.1. The van der Waals surface area contributed by atoms with E-state index >= 15 is 0 Å². The molecule has 0 atom stereocenters. The molecule has 0 spiro atoms. The Kier molecular flexibility index (Phi) is 4.65. The van der Waals surface area contributed by atoms with Gasteiger partial charge in [-0.1, -0.05) is 6.07 Å². The van der Waals surface area contributed by atoms with E-state index in [9.17, 15) is 22.4 Å². The lowest BCUT2D eigenvalue weighted by Gasteiger charge is -2.07. The summed E-state index contributed by atoms with van der Waals surface area (Å²) in [5, 5.41) is 8.66. The molecular weight excluding hydrogens is 356 g/mol. The van der Waals surface area contributed by atoms with Crippen molar-refractivity contribution >= 4 is 5.91 Å². The van der Waals surface area contributed by atoms with Gasteiger partial charge in [0.25, 0.3) is 5.91 Å². The van der Waals surface area contributed by atoms with E-state index in [-0.39, 0.29) is 17.7 Å². The van der Waals surface area contributed by atoms with Crippen molar-refractivity contribution < 1.29 is 26.8 Å². The normalized spacial score (nSPS) is 11.4. The molecule has 0 aliphatic rings. The summed E-state index contributed by atoms with van der Waals surface area (Å²) in [6, 6.07) is 6.73. The van der Waals surface area contributed by atoms with Gasteiger partial charge in [-0.3, -0.25) is 9.78 Å². The Labute approximate surface area is 143 Å². The third-order valence-electron chi connectivity index (χ3n) is 3.33. The number of nitrogens with zero attached hydrogens (tertiary/aromatic N) is 3. The number of carbonyl (C=O) groups excluding carboxylic acids is 1. The minimum atomic E-state index is -4.78. The Hall–Kier alpha value is -3.30. The molecule has 0 radical (unpaired) electrons. The zero-order valence-electron chi connectivity index (χ0n) is 12.9. The van der Waals surface area contributed by atoms with Gasteiger partial charge in [0.1, 0.15) is 5.82 Å². The number of hydrogen-bond donors (Lipinski definition) is 1. The Bertz CT molecular complexity index is 925. The Balaban J connectivity index is 1.72. The van der Waals surface area contributed by atoms with Crippen LogP contribution in [0.1, 0.15) is 21.8 Å². The SMILES string of the molecule is O=C(NCc1ccc(-c2nnc(C(F)(F)F)o2)cc1F)c1cccnc1. The van der Waals surface area contributed by atoms with E-state index in [1.807, 2.05) is 0 Å². The second-order valence-electron chi connectivity index (χ2n) is 5.14. The van der Waals surface area contributed by atoms with Gasteiger partial charge in [-0.05, 0) is 24.3 Å². The van der Waals surface area contributed by atoms with Crippen LogP contribution < -0.4 is 5.32 Å². The fourth-order valence-electron chi connectivity index (χ4n) is 2.05. The molecule has 1 N–H and O–H groups in total. The first kappa shape index (κ1) is 17.5. The van der Waals surface area contributed by atoms with Gasteiger partial charge in [-0.25, -0.2) is 4.39 Å². The van der Waals surface area contributed by atoms with Crippen LogP contribution in [-0.2, 0) is 12.7 Å². The zero-order chi connectivity index (χ0) is 18.7. The maximum atomic E-state index is 14.2. The Morgan fingerprint density at radius 3 is 2.62 bits per heavy atom. The quantitative estimate of drug-likeness (QED) is 0.717. The van der Waals surface area contributed by atoms with E-state index in [2.05, 4.69) is 24.9 Å². The van der Waals surface area contributed by atoms with Gasteiger partial charge >= 0.3 is 12.1 Å². The van der Waals surface area contributed by atoms with Crippen molar-refractivity contribution in [2.24, 2.45) is 0 Å². The van der Waals surface area contributed by atoms with Crippen LogP contribution in [0.25, 0.3) is 11.5 Å². The summed E-state index contributed by atoms with van der Waals surface area (Å²) >= 11 is 0. The number of nitrogens with one attached hydrogen (secondary N) is 1.